The van der Waals surface area contributed by atoms with Gasteiger partial charge in [0.05, 0.1) is 0 Å². The molecule has 2 saturated carbocycles. The van der Waals surface area contributed by atoms with Crippen LogP contribution in [0.2, 0.25) is 0 Å². The van der Waals surface area contributed by atoms with E-state index in [9.17, 15) is 4.79 Å². The molecule has 2 rings (SSSR count). The monoisotopic (exact) mass is 252 g/mol. The Morgan fingerprint density at radius 2 is 1.72 bits per heavy atom. The van der Waals surface area contributed by atoms with E-state index in [2.05, 4.69) is 12.2 Å². The highest BCUT2D eigenvalue weighted by Gasteiger charge is 2.31. The van der Waals surface area contributed by atoms with Crippen LogP contribution in [-0.2, 0) is 4.79 Å². The Kier molecular flexibility index (Phi) is 5.04. The molecule has 0 heterocycles. The minimum Gasteiger partial charge on any atom is -0.353 e. The Bertz CT molecular complexity index is 272. The smallest absolute Gasteiger partial charge is 0.223 e. The summed E-state index contributed by atoms with van der Waals surface area (Å²) in [5.74, 6) is 0.939. The van der Waals surface area contributed by atoms with E-state index in [1.807, 2.05) is 0 Å². The predicted octanol–water partition coefficient (Wildman–Crippen LogP) is 2.59. The predicted molar refractivity (Wildman–Crippen MR) is 74.1 cm³/mol. The lowest BCUT2D eigenvalue weighted by molar-refractivity contribution is -0.128. The van der Waals surface area contributed by atoms with Crippen LogP contribution in [0.3, 0.4) is 0 Å². The van der Waals surface area contributed by atoms with E-state index in [4.69, 9.17) is 5.73 Å². The van der Waals surface area contributed by atoms with Crippen molar-refractivity contribution in [2.75, 3.05) is 0 Å². The molecule has 2 fully saturated rings. The molecule has 0 aromatic heterocycles. The molecule has 0 aromatic rings. The minimum absolute atomic E-state index is 0.202. The van der Waals surface area contributed by atoms with E-state index < -0.39 is 0 Å². The average Bonchev–Trinajstić information content (AvgIpc) is 2.57. The van der Waals surface area contributed by atoms with Crippen molar-refractivity contribution < 1.29 is 4.79 Å². The van der Waals surface area contributed by atoms with Gasteiger partial charge in [-0.1, -0.05) is 32.6 Å². The number of hydrogen-bond donors (Lipinski definition) is 2. The molecule has 2 aliphatic carbocycles. The summed E-state index contributed by atoms with van der Waals surface area (Å²) in [6, 6.07) is 0.740. The van der Waals surface area contributed by atoms with Crippen LogP contribution in [0.15, 0.2) is 0 Å². The number of hydrogen-bond acceptors (Lipinski definition) is 2. The average molecular weight is 252 g/mol. The Labute approximate surface area is 111 Å². The number of amides is 1. The van der Waals surface area contributed by atoms with E-state index in [1.165, 1.54) is 38.5 Å². The Morgan fingerprint density at radius 1 is 1.06 bits per heavy atom. The first kappa shape index (κ1) is 13.9. The highest BCUT2D eigenvalue weighted by Crippen LogP contribution is 2.29. The molecule has 3 heteroatoms. The fourth-order valence-corrected chi connectivity index (χ4v) is 3.56. The Hall–Kier alpha value is -0.570. The number of rotatable bonds is 2. The van der Waals surface area contributed by atoms with Crippen molar-refractivity contribution in [3.05, 3.63) is 0 Å². The second kappa shape index (κ2) is 6.55. The van der Waals surface area contributed by atoms with Crippen LogP contribution in [0.1, 0.15) is 64.7 Å². The lowest BCUT2D eigenvalue weighted by Crippen LogP contribution is -2.44. The van der Waals surface area contributed by atoms with Crippen LogP contribution < -0.4 is 11.1 Å². The van der Waals surface area contributed by atoms with Crippen molar-refractivity contribution >= 4 is 5.91 Å². The van der Waals surface area contributed by atoms with E-state index in [-0.39, 0.29) is 5.92 Å². The summed E-state index contributed by atoms with van der Waals surface area (Å²) in [6.07, 6.45) is 10.5. The largest absolute Gasteiger partial charge is 0.353 e. The van der Waals surface area contributed by atoms with Gasteiger partial charge in [-0.25, -0.2) is 0 Å². The topological polar surface area (TPSA) is 55.1 Å². The van der Waals surface area contributed by atoms with Gasteiger partial charge in [-0.15, -0.1) is 0 Å². The number of carbonyl (C=O) groups is 1. The molecule has 1 amide bonds. The van der Waals surface area contributed by atoms with Crippen LogP contribution in [-0.4, -0.2) is 18.0 Å². The number of carbonyl (C=O) groups excluding carboxylic acids is 1. The molecule has 0 radical (unpaired) electrons. The van der Waals surface area contributed by atoms with Gasteiger partial charge < -0.3 is 11.1 Å². The van der Waals surface area contributed by atoms with Crippen molar-refractivity contribution in [1.82, 2.24) is 5.32 Å². The third-order valence-electron chi connectivity index (χ3n) is 4.75. The first-order valence-corrected chi connectivity index (χ1v) is 7.72. The normalized spacial score (nSPS) is 34.9. The zero-order chi connectivity index (χ0) is 13.0. The molecule has 3 atom stereocenters. The summed E-state index contributed by atoms with van der Waals surface area (Å²) >= 11 is 0. The van der Waals surface area contributed by atoms with Gasteiger partial charge in [0.25, 0.3) is 0 Å². The fourth-order valence-electron chi connectivity index (χ4n) is 3.56. The molecule has 0 spiro atoms. The van der Waals surface area contributed by atoms with Gasteiger partial charge in [0.2, 0.25) is 5.91 Å². The van der Waals surface area contributed by atoms with Crippen LogP contribution in [0, 0.1) is 11.8 Å². The van der Waals surface area contributed by atoms with Gasteiger partial charge in [-0.2, -0.15) is 0 Å². The second-order valence-electron chi connectivity index (χ2n) is 6.35. The van der Waals surface area contributed by atoms with Crippen LogP contribution >= 0.6 is 0 Å². The molecule has 0 saturated heterocycles. The van der Waals surface area contributed by atoms with Crippen LogP contribution in [0.25, 0.3) is 0 Å². The maximum Gasteiger partial charge on any atom is 0.223 e. The zero-order valence-corrected chi connectivity index (χ0v) is 11.7. The quantitative estimate of drug-likeness (QED) is 0.742. The van der Waals surface area contributed by atoms with Crippen LogP contribution in [0.4, 0.5) is 0 Å². The highest BCUT2D eigenvalue weighted by atomic mass is 16.1. The molecule has 3 unspecified atom stereocenters. The Morgan fingerprint density at radius 3 is 2.33 bits per heavy atom. The van der Waals surface area contributed by atoms with Crippen molar-refractivity contribution in [2.24, 2.45) is 17.6 Å². The second-order valence-corrected chi connectivity index (χ2v) is 6.35. The van der Waals surface area contributed by atoms with Crippen LogP contribution in [0.5, 0.6) is 0 Å². The summed E-state index contributed by atoms with van der Waals surface area (Å²) < 4.78 is 0. The number of nitrogens with one attached hydrogen (secondary N) is 1. The maximum absolute atomic E-state index is 12.3. The molecule has 3 nitrogen and oxygen atoms in total. The zero-order valence-electron chi connectivity index (χ0n) is 11.7. The third-order valence-corrected chi connectivity index (χ3v) is 4.75. The molecular weight excluding hydrogens is 224 g/mol. The lowest BCUT2D eigenvalue weighted by atomic mass is 9.77. The van der Waals surface area contributed by atoms with Gasteiger partial charge >= 0.3 is 0 Å². The molecule has 3 N–H and O–H groups in total. The van der Waals surface area contributed by atoms with Gasteiger partial charge in [-0.3, -0.25) is 4.79 Å². The van der Waals surface area contributed by atoms with Gasteiger partial charge in [0, 0.05) is 18.0 Å². The van der Waals surface area contributed by atoms with E-state index in [0.717, 1.165) is 19.3 Å². The summed E-state index contributed by atoms with van der Waals surface area (Å²) in [6.45, 7) is 2.18. The summed E-state index contributed by atoms with van der Waals surface area (Å²) in [7, 11) is 0. The lowest BCUT2D eigenvalue weighted by Gasteiger charge is -2.32. The minimum atomic E-state index is 0.202. The molecule has 0 aromatic carbocycles. The molecule has 104 valence electrons. The Balaban J connectivity index is 1.83. The van der Waals surface area contributed by atoms with E-state index in [1.54, 1.807) is 0 Å². The van der Waals surface area contributed by atoms with E-state index in [0.29, 0.717) is 23.9 Å². The molecule has 0 bridgehead atoms. The molecule has 0 aliphatic heterocycles. The van der Waals surface area contributed by atoms with Crippen molar-refractivity contribution in [3.8, 4) is 0 Å². The molecular formula is C15H28N2O. The highest BCUT2D eigenvalue weighted by molar-refractivity contribution is 5.79. The summed E-state index contributed by atoms with van der Waals surface area (Å²) in [4.78, 5) is 12.3. The maximum atomic E-state index is 12.3. The number of nitrogens with two attached hydrogens (primary N) is 1. The van der Waals surface area contributed by atoms with Crippen molar-refractivity contribution in [3.63, 3.8) is 0 Å². The third kappa shape index (κ3) is 3.71. The van der Waals surface area contributed by atoms with Crippen molar-refractivity contribution in [2.45, 2.75) is 76.8 Å². The first-order chi connectivity index (χ1) is 8.66. The van der Waals surface area contributed by atoms with E-state index >= 15 is 0 Å². The fraction of sp³-hybridized carbons (Fsp3) is 0.933. The standard InChI is InChI=1S/C15H28N2O/c1-11-10-12(16)8-9-14(11)15(18)17-13-6-4-2-3-5-7-13/h11-14H,2-10,16H2,1H3,(H,17,18). The summed E-state index contributed by atoms with van der Waals surface area (Å²) in [5, 5.41) is 3.29. The summed E-state index contributed by atoms with van der Waals surface area (Å²) in [5.41, 5.74) is 5.96. The SMILES string of the molecule is CC1CC(N)CCC1C(=O)NC1CCCCCC1. The molecule has 2 aliphatic rings. The van der Waals surface area contributed by atoms with Gasteiger partial charge in [0.15, 0.2) is 0 Å². The molecule has 18 heavy (non-hydrogen) atoms. The van der Waals surface area contributed by atoms with Gasteiger partial charge in [0.1, 0.15) is 0 Å². The first-order valence-electron chi connectivity index (χ1n) is 7.72. The van der Waals surface area contributed by atoms with Crippen molar-refractivity contribution in [1.29, 1.82) is 0 Å². The van der Waals surface area contributed by atoms with Gasteiger partial charge in [-0.05, 0) is 38.0 Å².